The van der Waals surface area contributed by atoms with E-state index in [-0.39, 0.29) is 6.61 Å². The van der Waals surface area contributed by atoms with Crippen LogP contribution in [0.25, 0.3) is 6.08 Å². The average molecular weight is 215 g/mol. The molecule has 1 rings (SSSR count). The summed E-state index contributed by atoms with van der Waals surface area (Å²) in [6.45, 7) is 5.00. The van der Waals surface area contributed by atoms with Gasteiger partial charge in [-0.1, -0.05) is 42.5 Å². The van der Waals surface area contributed by atoms with Gasteiger partial charge in [-0.25, -0.2) is 0 Å². The van der Waals surface area contributed by atoms with Crippen LogP contribution in [0.4, 0.5) is 0 Å². The first-order valence-electron chi connectivity index (χ1n) is 4.27. The molecule has 3 heteroatoms. The quantitative estimate of drug-likeness (QED) is 0.794. The third-order valence-corrected chi connectivity index (χ3v) is 1.73. The Balaban J connectivity index is 0.000000292. The van der Waals surface area contributed by atoms with E-state index in [9.17, 15) is 0 Å². The van der Waals surface area contributed by atoms with E-state index >= 15 is 0 Å². The first kappa shape index (κ1) is 13.2. The van der Waals surface area contributed by atoms with Gasteiger partial charge in [0.2, 0.25) is 0 Å². The fourth-order valence-corrected chi connectivity index (χ4v) is 0.854. The molecule has 0 aromatic heterocycles. The number of rotatable bonds is 2. The predicted octanol–water partition coefficient (Wildman–Crippen LogP) is 2.34. The normalized spacial score (nSPS) is 11.1. The number of aliphatic hydroxyl groups is 2. The predicted molar refractivity (Wildman–Crippen MR) is 60.3 cm³/mol. The van der Waals surface area contributed by atoms with E-state index in [1.54, 1.807) is 6.08 Å². The van der Waals surface area contributed by atoms with E-state index < -0.39 is 6.10 Å². The van der Waals surface area contributed by atoms with Crippen LogP contribution >= 0.6 is 11.6 Å². The second kappa shape index (κ2) is 7.56. The highest BCUT2D eigenvalue weighted by Gasteiger charge is 1.89. The smallest absolute Gasteiger partial charge is 0.0742 e. The maximum atomic E-state index is 8.11. The largest absolute Gasteiger partial charge is 0.394 e. The zero-order valence-electron chi connectivity index (χ0n) is 8.15. The fourth-order valence-electron chi connectivity index (χ4n) is 0.641. The van der Waals surface area contributed by atoms with Gasteiger partial charge in [-0.3, -0.25) is 0 Å². The molecule has 1 aromatic rings. The molecule has 0 heterocycles. The van der Waals surface area contributed by atoms with Crippen molar-refractivity contribution in [3.05, 3.63) is 41.4 Å². The van der Waals surface area contributed by atoms with Gasteiger partial charge >= 0.3 is 0 Å². The number of benzene rings is 1. The molecule has 2 N–H and O–H groups in total. The Morgan fingerprint density at radius 2 is 2.00 bits per heavy atom. The van der Waals surface area contributed by atoms with Crippen molar-refractivity contribution in [2.45, 2.75) is 13.0 Å². The van der Waals surface area contributed by atoms with Gasteiger partial charge < -0.3 is 10.2 Å². The molecule has 78 valence electrons. The van der Waals surface area contributed by atoms with Gasteiger partial charge in [0, 0.05) is 5.02 Å². The first-order chi connectivity index (χ1) is 6.61. The van der Waals surface area contributed by atoms with Crippen LogP contribution in [0.15, 0.2) is 30.8 Å². The fraction of sp³-hybridized carbons (Fsp3) is 0.273. The lowest BCUT2D eigenvalue weighted by molar-refractivity contribution is 0.110. The standard InChI is InChI=1S/C8H7Cl.C3H8O2/c1-2-7-5-3-4-6-8(7)9;1-3(5)2-4/h2-6H,1H2;3-5H,2H2,1H3. The molecule has 0 saturated carbocycles. The minimum absolute atomic E-state index is 0.139. The van der Waals surface area contributed by atoms with Crippen molar-refractivity contribution in [1.29, 1.82) is 0 Å². The van der Waals surface area contributed by atoms with E-state index in [1.807, 2.05) is 24.3 Å². The van der Waals surface area contributed by atoms with Crippen molar-refractivity contribution in [3.8, 4) is 0 Å². The summed E-state index contributed by atoms with van der Waals surface area (Å²) in [5.74, 6) is 0. The van der Waals surface area contributed by atoms with E-state index in [0.29, 0.717) is 0 Å². The highest BCUT2D eigenvalue weighted by atomic mass is 35.5. The van der Waals surface area contributed by atoms with E-state index in [1.165, 1.54) is 6.92 Å². The number of hydrogen-bond donors (Lipinski definition) is 2. The Morgan fingerprint density at radius 1 is 1.50 bits per heavy atom. The van der Waals surface area contributed by atoms with Crippen LogP contribution < -0.4 is 0 Å². The molecular formula is C11H15ClO2. The molecule has 14 heavy (non-hydrogen) atoms. The van der Waals surface area contributed by atoms with Gasteiger partial charge in [-0.15, -0.1) is 0 Å². The van der Waals surface area contributed by atoms with Crippen molar-refractivity contribution in [1.82, 2.24) is 0 Å². The molecule has 0 aliphatic rings. The zero-order valence-corrected chi connectivity index (χ0v) is 8.91. The van der Waals surface area contributed by atoms with E-state index in [2.05, 4.69) is 6.58 Å². The summed E-state index contributed by atoms with van der Waals surface area (Å²) in [6.07, 6.45) is 1.18. The highest BCUT2D eigenvalue weighted by molar-refractivity contribution is 6.32. The second-order valence-corrected chi connectivity index (χ2v) is 3.16. The lowest BCUT2D eigenvalue weighted by Crippen LogP contribution is -2.03. The van der Waals surface area contributed by atoms with Gasteiger partial charge in [0.05, 0.1) is 12.7 Å². The minimum Gasteiger partial charge on any atom is -0.394 e. The molecule has 1 aromatic carbocycles. The maximum absolute atomic E-state index is 8.11. The molecule has 0 bridgehead atoms. The van der Waals surface area contributed by atoms with Gasteiger partial charge in [0.15, 0.2) is 0 Å². The van der Waals surface area contributed by atoms with Crippen LogP contribution in [0.1, 0.15) is 12.5 Å². The van der Waals surface area contributed by atoms with Crippen molar-refractivity contribution in [2.75, 3.05) is 6.61 Å². The molecule has 0 aliphatic carbocycles. The molecule has 1 unspecified atom stereocenters. The van der Waals surface area contributed by atoms with Crippen molar-refractivity contribution in [2.24, 2.45) is 0 Å². The third kappa shape index (κ3) is 5.75. The number of halogens is 1. The number of hydrogen-bond acceptors (Lipinski definition) is 2. The van der Waals surface area contributed by atoms with Crippen LogP contribution in [0.5, 0.6) is 0 Å². The summed E-state index contributed by atoms with van der Waals surface area (Å²) < 4.78 is 0. The summed E-state index contributed by atoms with van der Waals surface area (Å²) in [6, 6.07) is 7.60. The maximum Gasteiger partial charge on any atom is 0.0742 e. The van der Waals surface area contributed by atoms with Gasteiger partial charge in [0.1, 0.15) is 0 Å². The summed E-state index contributed by atoms with van der Waals surface area (Å²) in [7, 11) is 0. The summed E-state index contributed by atoms with van der Waals surface area (Å²) in [4.78, 5) is 0. The molecule has 0 aliphatic heterocycles. The van der Waals surface area contributed by atoms with E-state index in [0.717, 1.165) is 10.6 Å². The van der Waals surface area contributed by atoms with Crippen LogP contribution in [0.3, 0.4) is 0 Å². The molecule has 0 amide bonds. The van der Waals surface area contributed by atoms with Crippen molar-refractivity contribution in [3.63, 3.8) is 0 Å². The highest BCUT2D eigenvalue weighted by Crippen LogP contribution is 2.14. The topological polar surface area (TPSA) is 40.5 Å². The third-order valence-electron chi connectivity index (χ3n) is 1.39. The summed E-state index contributed by atoms with van der Waals surface area (Å²) >= 11 is 5.75. The van der Waals surface area contributed by atoms with Gasteiger partial charge in [-0.05, 0) is 18.6 Å². The summed E-state index contributed by atoms with van der Waals surface area (Å²) in [5, 5.41) is 16.8. The van der Waals surface area contributed by atoms with Crippen LogP contribution in [-0.2, 0) is 0 Å². The van der Waals surface area contributed by atoms with Crippen LogP contribution in [-0.4, -0.2) is 22.9 Å². The monoisotopic (exact) mass is 214 g/mol. The van der Waals surface area contributed by atoms with E-state index in [4.69, 9.17) is 21.8 Å². The second-order valence-electron chi connectivity index (χ2n) is 2.76. The zero-order chi connectivity index (χ0) is 11.0. The van der Waals surface area contributed by atoms with Crippen molar-refractivity contribution >= 4 is 17.7 Å². The van der Waals surface area contributed by atoms with Crippen LogP contribution in [0.2, 0.25) is 5.02 Å². The molecule has 0 spiro atoms. The molecule has 1 atom stereocenters. The Bertz CT molecular complexity index is 272. The Labute approximate surface area is 89.5 Å². The van der Waals surface area contributed by atoms with Crippen LogP contribution in [0, 0.1) is 0 Å². The first-order valence-corrected chi connectivity index (χ1v) is 4.65. The molecule has 0 radical (unpaired) electrons. The Hall–Kier alpha value is -0.830. The van der Waals surface area contributed by atoms with Gasteiger partial charge in [0.25, 0.3) is 0 Å². The molecular weight excluding hydrogens is 200 g/mol. The SMILES string of the molecule is C=Cc1ccccc1Cl.CC(O)CO. The molecule has 0 saturated heterocycles. The lowest BCUT2D eigenvalue weighted by atomic mass is 10.2. The summed E-state index contributed by atoms with van der Waals surface area (Å²) in [5.41, 5.74) is 0.985. The van der Waals surface area contributed by atoms with Gasteiger partial charge in [-0.2, -0.15) is 0 Å². The molecule has 0 fully saturated rings. The average Bonchev–Trinajstić information content (AvgIpc) is 2.19. The number of aliphatic hydroxyl groups excluding tert-OH is 2. The molecule has 2 nitrogen and oxygen atoms in total. The Morgan fingerprint density at radius 3 is 2.29 bits per heavy atom. The Kier molecular flexibility index (Phi) is 7.11. The minimum atomic E-state index is -0.560. The lowest BCUT2D eigenvalue weighted by Gasteiger charge is -1.92. The van der Waals surface area contributed by atoms with Crippen molar-refractivity contribution < 1.29 is 10.2 Å².